The molecule has 1 heterocycles. The lowest BCUT2D eigenvalue weighted by Gasteiger charge is -2.32. The number of hydrogen-bond donors (Lipinski definition) is 0. The van der Waals surface area contributed by atoms with Gasteiger partial charge in [-0.15, -0.1) is 0 Å². The average molecular weight is 217 g/mol. The number of hydrogen-bond acceptors (Lipinski definition) is 2. The van der Waals surface area contributed by atoms with Gasteiger partial charge in [0.1, 0.15) is 5.54 Å². The second-order valence-electron chi connectivity index (χ2n) is 4.33. The highest BCUT2D eigenvalue weighted by atomic mass is 16.2. The van der Waals surface area contributed by atoms with Gasteiger partial charge in [0.2, 0.25) is 5.91 Å². The van der Waals surface area contributed by atoms with Gasteiger partial charge < -0.3 is 0 Å². The summed E-state index contributed by atoms with van der Waals surface area (Å²) in [6.07, 6.45) is 0.625. The molecule has 1 atom stereocenters. The highest BCUT2D eigenvalue weighted by molar-refractivity contribution is 6.19. The quantitative estimate of drug-likeness (QED) is 0.724. The largest absolute Gasteiger partial charge is 0.299 e. The molecule has 1 unspecified atom stereocenters. The van der Waals surface area contributed by atoms with Crippen molar-refractivity contribution in [2.75, 3.05) is 4.90 Å². The zero-order chi connectivity index (χ0) is 11.9. The molecular weight excluding hydrogens is 202 g/mol. The lowest BCUT2D eigenvalue weighted by molar-refractivity contribution is -0.117. The molecule has 1 amide bonds. The average Bonchev–Trinajstić information content (AvgIpc) is 2.50. The molecule has 0 radical (unpaired) electrons. The van der Waals surface area contributed by atoms with Crippen LogP contribution in [0.2, 0.25) is 0 Å². The van der Waals surface area contributed by atoms with E-state index in [2.05, 4.69) is 0 Å². The van der Waals surface area contributed by atoms with Crippen molar-refractivity contribution in [3.63, 3.8) is 0 Å². The van der Waals surface area contributed by atoms with Crippen molar-refractivity contribution < 1.29 is 9.59 Å². The van der Waals surface area contributed by atoms with Gasteiger partial charge in [-0.25, -0.2) is 0 Å². The number of amides is 1. The molecule has 1 aromatic carbocycles. The number of rotatable bonds is 1. The lowest BCUT2D eigenvalue weighted by Crippen LogP contribution is -2.49. The van der Waals surface area contributed by atoms with Crippen LogP contribution >= 0.6 is 0 Å². The summed E-state index contributed by atoms with van der Waals surface area (Å²) in [7, 11) is 0. The van der Waals surface area contributed by atoms with E-state index in [-0.39, 0.29) is 11.7 Å². The van der Waals surface area contributed by atoms with Crippen LogP contribution in [0.3, 0.4) is 0 Å². The standard InChI is InChI=1S/C13H15NO2/c1-4-13(3)12(16)10-7-5-6-8-11(10)14(13)9(2)15/h5-8H,4H2,1-3H3. The van der Waals surface area contributed by atoms with Crippen LogP contribution in [0.15, 0.2) is 24.3 Å². The van der Waals surface area contributed by atoms with E-state index in [0.29, 0.717) is 12.0 Å². The molecule has 0 N–H and O–H groups in total. The summed E-state index contributed by atoms with van der Waals surface area (Å²) in [4.78, 5) is 25.6. The lowest BCUT2D eigenvalue weighted by atomic mass is 9.92. The topological polar surface area (TPSA) is 37.4 Å². The van der Waals surface area contributed by atoms with Crippen molar-refractivity contribution in [3.05, 3.63) is 29.8 Å². The van der Waals surface area contributed by atoms with Crippen LogP contribution in [-0.2, 0) is 4.79 Å². The first-order valence-electron chi connectivity index (χ1n) is 5.47. The Kier molecular flexibility index (Phi) is 2.34. The molecular formula is C13H15NO2. The van der Waals surface area contributed by atoms with Crippen molar-refractivity contribution in [1.82, 2.24) is 0 Å². The van der Waals surface area contributed by atoms with E-state index in [1.807, 2.05) is 32.0 Å². The minimum Gasteiger partial charge on any atom is -0.299 e. The van der Waals surface area contributed by atoms with Crippen LogP contribution in [0.1, 0.15) is 37.6 Å². The minimum atomic E-state index is -0.713. The number of nitrogens with zero attached hydrogens (tertiary/aromatic N) is 1. The van der Waals surface area contributed by atoms with Gasteiger partial charge in [-0.1, -0.05) is 19.1 Å². The third-order valence-corrected chi connectivity index (χ3v) is 3.38. The Morgan fingerprint density at radius 2 is 2.00 bits per heavy atom. The zero-order valence-corrected chi connectivity index (χ0v) is 9.78. The molecule has 0 bridgehead atoms. The molecule has 0 saturated heterocycles. The van der Waals surface area contributed by atoms with Crippen molar-refractivity contribution in [1.29, 1.82) is 0 Å². The Balaban J connectivity index is 2.66. The number of fused-ring (bicyclic) bond motifs is 1. The monoisotopic (exact) mass is 217 g/mol. The summed E-state index contributed by atoms with van der Waals surface area (Å²) in [5, 5.41) is 0. The van der Waals surface area contributed by atoms with E-state index in [1.54, 1.807) is 11.0 Å². The number of ketones is 1. The maximum atomic E-state index is 12.3. The number of benzene rings is 1. The second kappa shape index (κ2) is 3.44. The SMILES string of the molecule is CCC1(C)C(=O)c2ccccc2N1C(C)=O. The Hall–Kier alpha value is -1.64. The van der Waals surface area contributed by atoms with Crippen molar-refractivity contribution in [2.24, 2.45) is 0 Å². The molecule has 1 aliphatic rings. The van der Waals surface area contributed by atoms with Crippen molar-refractivity contribution in [3.8, 4) is 0 Å². The Morgan fingerprint density at radius 1 is 1.38 bits per heavy atom. The third kappa shape index (κ3) is 1.21. The Labute approximate surface area is 95.1 Å². The molecule has 84 valence electrons. The maximum Gasteiger partial charge on any atom is 0.224 e. The van der Waals surface area contributed by atoms with Gasteiger partial charge in [-0.05, 0) is 25.5 Å². The summed E-state index contributed by atoms with van der Waals surface area (Å²) in [5.74, 6) is -0.0385. The highest BCUT2D eigenvalue weighted by Gasteiger charge is 2.47. The predicted molar refractivity (Wildman–Crippen MR) is 62.6 cm³/mol. The number of carbonyl (C=O) groups excluding carboxylic acids is 2. The predicted octanol–water partition coefficient (Wildman–Crippen LogP) is 2.40. The van der Waals surface area contributed by atoms with E-state index in [4.69, 9.17) is 0 Å². The minimum absolute atomic E-state index is 0.0424. The van der Waals surface area contributed by atoms with Crippen LogP contribution in [0.5, 0.6) is 0 Å². The first-order chi connectivity index (χ1) is 7.52. The summed E-state index contributed by atoms with van der Waals surface area (Å²) in [6, 6.07) is 7.30. The molecule has 0 fully saturated rings. The van der Waals surface area contributed by atoms with E-state index >= 15 is 0 Å². The third-order valence-electron chi connectivity index (χ3n) is 3.38. The first kappa shape index (κ1) is 10.9. The Bertz CT molecular complexity index is 467. The van der Waals surface area contributed by atoms with Gasteiger partial charge >= 0.3 is 0 Å². The fourth-order valence-electron chi connectivity index (χ4n) is 2.35. The Morgan fingerprint density at radius 3 is 2.56 bits per heavy atom. The zero-order valence-electron chi connectivity index (χ0n) is 9.78. The summed E-state index contributed by atoms with van der Waals surface area (Å²) in [6.45, 7) is 5.26. The second-order valence-corrected chi connectivity index (χ2v) is 4.33. The normalized spacial score (nSPS) is 23.4. The van der Waals surface area contributed by atoms with Gasteiger partial charge in [0.15, 0.2) is 5.78 Å². The molecule has 3 heteroatoms. The molecule has 16 heavy (non-hydrogen) atoms. The van der Waals surface area contributed by atoms with Crippen LogP contribution in [0.25, 0.3) is 0 Å². The molecule has 3 nitrogen and oxygen atoms in total. The molecule has 1 aliphatic heterocycles. The molecule has 1 aromatic rings. The van der Waals surface area contributed by atoms with Gasteiger partial charge in [-0.3, -0.25) is 14.5 Å². The number of anilines is 1. The molecule has 0 spiro atoms. The van der Waals surface area contributed by atoms with E-state index in [0.717, 1.165) is 5.69 Å². The van der Waals surface area contributed by atoms with E-state index in [1.165, 1.54) is 6.92 Å². The van der Waals surface area contributed by atoms with Gasteiger partial charge in [0.05, 0.1) is 5.69 Å². The maximum absolute atomic E-state index is 12.3. The van der Waals surface area contributed by atoms with Gasteiger partial charge in [0.25, 0.3) is 0 Å². The summed E-state index contributed by atoms with van der Waals surface area (Å²) >= 11 is 0. The van der Waals surface area contributed by atoms with Crippen LogP contribution in [0, 0.1) is 0 Å². The van der Waals surface area contributed by atoms with E-state index in [9.17, 15) is 9.59 Å². The summed E-state index contributed by atoms with van der Waals surface area (Å²) < 4.78 is 0. The molecule has 2 rings (SSSR count). The molecule has 0 saturated carbocycles. The number of Topliss-reactive ketones (excluding diaryl/α,β-unsaturated/α-hetero) is 1. The van der Waals surface area contributed by atoms with Gasteiger partial charge in [0, 0.05) is 12.5 Å². The fraction of sp³-hybridized carbons (Fsp3) is 0.385. The summed E-state index contributed by atoms with van der Waals surface area (Å²) in [5.41, 5.74) is 0.682. The molecule has 0 aliphatic carbocycles. The number of para-hydroxylation sites is 1. The van der Waals surface area contributed by atoms with E-state index < -0.39 is 5.54 Å². The fourth-order valence-corrected chi connectivity index (χ4v) is 2.35. The van der Waals surface area contributed by atoms with Crippen LogP contribution in [-0.4, -0.2) is 17.2 Å². The van der Waals surface area contributed by atoms with Crippen LogP contribution < -0.4 is 4.90 Å². The molecule has 0 aromatic heterocycles. The highest BCUT2D eigenvalue weighted by Crippen LogP contribution is 2.40. The smallest absolute Gasteiger partial charge is 0.224 e. The number of carbonyl (C=O) groups is 2. The van der Waals surface area contributed by atoms with Crippen LogP contribution in [0.4, 0.5) is 5.69 Å². The first-order valence-corrected chi connectivity index (χ1v) is 5.47. The van der Waals surface area contributed by atoms with Gasteiger partial charge in [-0.2, -0.15) is 0 Å². The van der Waals surface area contributed by atoms with Crippen molar-refractivity contribution >= 4 is 17.4 Å². The van der Waals surface area contributed by atoms with Crippen molar-refractivity contribution in [2.45, 2.75) is 32.7 Å².